The molecule has 1 heterocycles. The third-order valence-electron chi connectivity index (χ3n) is 5.63. The van der Waals surface area contributed by atoms with Crippen molar-refractivity contribution in [3.63, 3.8) is 0 Å². The molecule has 0 bridgehead atoms. The fourth-order valence-electron chi connectivity index (χ4n) is 3.86. The summed E-state index contributed by atoms with van der Waals surface area (Å²) in [5.41, 5.74) is 6.81. The first-order chi connectivity index (χ1) is 15.0. The molecule has 0 saturated heterocycles. The summed E-state index contributed by atoms with van der Waals surface area (Å²) in [7, 11) is 0. The van der Waals surface area contributed by atoms with E-state index >= 15 is 0 Å². The van der Waals surface area contributed by atoms with Gasteiger partial charge in [-0.3, -0.25) is 4.79 Å². The number of benzene rings is 3. The van der Waals surface area contributed by atoms with Gasteiger partial charge in [0.1, 0.15) is 0 Å². The van der Waals surface area contributed by atoms with Crippen molar-refractivity contribution in [1.29, 1.82) is 0 Å². The van der Waals surface area contributed by atoms with Crippen molar-refractivity contribution < 1.29 is 9.59 Å². The second-order valence-corrected chi connectivity index (χ2v) is 7.90. The molecule has 31 heavy (non-hydrogen) atoms. The second-order valence-electron chi connectivity index (χ2n) is 7.90. The van der Waals surface area contributed by atoms with Gasteiger partial charge in [-0.15, -0.1) is 0 Å². The summed E-state index contributed by atoms with van der Waals surface area (Å²) in [6.45, 7) is 5.15. The fraction of sp³-hybridized carbons (Fsp3) is 0.231. The summed E-state index contributed by atoms with van der Waals surface area (Å²) in [6.07, 6.45) is 1.81. The first-order valence-electron chi connectivity index (χ1n) is 10.7. The number of hydrogen-bond acceptors (Lipinski definition) is 2. The number of rotatable bonds is 5. The zero-order chi connectivity index (χ0) is 21.8. The van der Waals surface area contributed by atoms with Gasteiger partial charge in [0.05, 0.1) is 0 Å². The smallest absolute Gasteiger partial charge is 0.319 e. The summed E-state index contributed by atoms with van der Waals surface area (Å²) >= 11 is 0. The van der Waals surface area contributed by atoms with Crippen LogP contribution in [0.3, 0.4) is 0 Å². The van der Waals surface area contributed by atoms with Gasteiger partial charge in [0.15, 0.2) is 0 Å². The normalized spacial score (nSPS) is 12.4. The molecule has 0 aromatic heterocycles. The van der Waals surface area contributed by atoms with E-state index in [2.05, 4.69) is 23.6 Å². The number of amides is 3. The summed E-state index contributed by atoms with van der Waals surface area (Å²) < 4.78 is 0. The minimum atomic E-state index is -0.252. The molecule has 5 heteroatoms. The summed E-state index contributed by atoms with van der Waals surface area (Å²) in [5.74, 6) is 0.0147. The highest BCUT2D eigenvalue weighted by molar-refractivity contribution is 6.07. The van der Waals surface area contributed by atoms with Crippen molar-refractivity contribution in [2.24, 2.45) is 0 Å². The van der Waals surface area contributed by atoms with Gasteiger partial charge in [0.2, 0.25) is 0 Å². The average Bonchev–Trinajstić information content (AvgIpc) is 3.21. The van der Waals surface area contributed by atoms with Gasteiger partial charge in [-0.1, -0.05) is 48.9 Å². The van der Waals surface area contributed by atoms with Gasteiger partial charge >= 0.3 is 6.03 Å². The molecule has 0 atom stereocenters. The lowest BCUT2D eigenvalue weighted by atomic mass is 10.1. The molecular weight excluding hydrogens is 386 g/mol. The molecule has 3 aromatic rings. The summed E-state index contributed by atoms with van der Waals surface area (Å²) in [5, 5.41) is 5.75. The number of nitrogens with zero attached hydrogens (tertiary/aromatic N) is 1. The molecule has 1 aliphatic rings. The lowest BCUT2D eigenvalue weighted by Gasteiger charge is -2.18. The number of fused-ring (bicyclic) bond motifs is 1. The van der Waals surface area contributed by atoms with Crippen molar-refractivity contribution in [1.82, 2.24) is 5.32 Å². The third-order valence-corrected chi connectivity index (χ3v) is 5.63. The van der Waals surface area contributed by atoms with E-state index in [1.54, 1.807) is 0 Å². The van der Waals surface area contributed by atoms with E-state index in [4.69, 9.17) is 0 Å². The average molecular weight is 414 g/mol. The maximum Gasteiger partial charge on any atom is 0.319 e. The Hall–Kier alpha value is -3.60. The standard InChI is InChI=1S/C26H27N3O2/c1-3-19-8-11-23(12-9-19)28-26(31)27-17-20-7-10-21-13-14-29(24(21)16-20)25(30)22-6-4-5-18(2)15-22/h4-12,15-16H,3,13-14,17H2,1-2H3,(H2,27,28,31). The van der Waals surface area contributed by atoms with Crippen LogP contribution in [0.4, 0.5) is 16.2 Å². The van der Waals surface area contributed by atoms with E-state index in [9.17, 15) is 9.59 Å². The first kappa shape index (κ1) is 20.7. The van der Waals surface area contributed by atoms with Crippen molar-refractivity contribution in [2.45, 2.75) is 33.2 Å². The van der Waals surface area contributed by atoms with Crippen LogP contribution >= 0.6 is 0 Å². The number of carbonyl (C=O) groups excluding carboxylic acids is 2. The summed E-state index contributed by atoms with van der Waals surface area (Å²) in [4.78, 5) is 27.1. The molecule has 3 aromatic carbocycles. The molecule has 0 unspecified atom stereocenters. The van der Waals surface area contributed by atoms with Crippen molar-refractivity contribution in [2.75, 3.05) is 16.8 Å². The Bertz CT molecular complexity index is 1110. The SMILES string of the molecule is CCc1ccc(NC(=O)NCc2ccc3c(c2)N(C(=O)c2cccc(C)c2)CC3)cc1. The van der Waals surface area contributed by atoms with Crippen LogP contribution in [-0.4, -0.2) is 18.5 Å². The third kappa shape index (κ3) is 4.77. The van der Waals surface area contributed by atoms with Gasteiger partial charge in [-0.25, -0.2) is 4.79 Å². The second kappa shape index (κ2) is 9.04. The van der Waals surface area contributed by atoms with Crippen molar-refractivity contribution >= 4 is 23.3 Å². The molecule has 4 rings (SSSR count). The number of anilines is 2. The monoisotopic (exact) mass is 413 g/mol. The molecule has 1 aliphatic heterocycles. The first-order valence-corrected chi connectivity index (χ1v) is 10.7. The van der Waals surface area contributed by atoms with Crippen LogP contribution in [0.1, 0.15) is 39.5 Å². The largest absolute Gasteiger partial charge is 0.334 e. The molecule has 0 aliphatic carbocycles. The Labute approximate surface area is 183 Å². The molecule has 0 fully saturated rings. The molecule has 0 spiro atoms. The Kier molecular flexibility index (Phi) is 6.03. The molecule has 3 amide bonds. The van der Waals surface area contributed by atoms with E-state index in [0.717, 1.165) is 40.9 Å². The zero-order valence-electron chi connectivity index (χ0n) is 17.9. The Balaban J connectivity index is 1.41. The topological polar surface area (TPSA) is 61.4 Å². The lowest BCUT2D eigenvalue weighted by Crippen LogP contribution is -2.29. The lowest BCUT2D eigenvalue weighted by molar-refractivity contribution is 0.0989. The highest BCUT2D eigenvalue weighted by Crippen LogP contribution is 2.30. The molecule has 158 valence electrons. The predicted octanol–water partition coefficient (Wildman–Crippen LogP) is 5.08. The van der Waals surface area contributed by atoms with E-state index in [0.29, 0.717) is 18.7 Å². The van der Waals surface area contributed by atoms with E-state index in [-0.39, 0.29) is 11.9 Å². The zero-order valence-corrected chi connectivity index (χ0v) is 17.9. The van der Waals surface area contributed by atoms with Crippen LogP contribution in [-0.2, 0) is 19.4 Å². The maximum atomic E-state index is 13.0. The number of aryl methyl sites for hydroxylation is 2. The molecule has 0 saturated carbocycles. The van der Waals surface area contributed by atoms with Crippen LogP contribution in [0, 0.1) is 6.92 Å². The van der Waals surface area contributed by atoms with Crippen molar-refractivity contribution in [3.05, 3.63) is 94.5 Å². The van der Waals surface area contributed by atoms with Gasteiger partial charge in [0.25, 0.3) is 5.91 Å². The van der Waals surface area contributed by atoms with Crippen LogP contribution in [0.25, 0.3) is 0 Å². The highest BCUT2D eigenvalue weighted by Gasteiger charge is 2.25. The van der Waals surface area contributed by atoms with Crippen LogP contribution < -0.4 is 15.5 Å². The van der Waals surface area contributed by atoms with E-state index in [1.807, 2.05) is 72.5 Å². The number of urea groups is 1. The minimum absolute atomic E-state index is 0.0147. The minimum Gasteiger partial charge on any atom is -0.334 e. The number of hydrogen-bond donors (Lipinski definition) is 2. The van der Waals surface area contributed by atoms with Gasteiger partial charge in [-0.05, 0) is 66.8 Å². The van der Waals surface area contributed by atoms with Crippen LogP contribution in [0.5, 0.6) is 0 Å². The fourth-order valence-corrected chi connectivity index (χ4v) is 3.86. The van der Waals surface area contributed by atoms with E-state index < -0.39 is 0 Å². The Morgan fingerprint density at radius 3 is 2.48 bits per heavy atom. The molecule has 2 N–H and O–H groups in total. The van der Waals surface area contributed by atoms with Crippen LogP contribution in [0.15, 0.2) is 66.7 Å². The summed E-state index contributed by atoms with van der Waals surface area (Å²) in [6, 6.07) is 21.3. The quantitative estimate of drug-likeness (QED) is 0.613. The number of carbonyl (C=O) groups is 2. The van der Waals surface area contributed by atoms with Crippen LogP contribution in [0.2, 0.25) is 0 Å². The molecular formula is C26H27N3O2. The van der Waals surface area contributed by atoms with E-state index in [1.165, 1.54) is 5.56 Å². The van der Waals surface area contributed by atoms with Gasteiger partial charge < -0.3 is 15.5 Å². The Morgan fingerprint density at radius 2 is 1.74 bits per heavy atom. The molecule has 0 radical (unpaired) electrons. The van der Waals surface area contributed by atoms with Gasteiger partial charge in [0, 0.05) is 30.0 Å². The molecule has 5 nitrogen and oxygen atoms in total. The van der Waals surface area contributed by atoms with Gasteiger partial charge in [-0.2, -0.15) is 0 Å². The van der Waals surface area contributed by atoms with Crippen molar-refractivity contribution in [3.8, 4) is 0 Å². The number of nitrogens with one attached hydrogen (secondary N) is 2. The highest BCUT2D eigenvalue weighted by atomic mass is 16.2. The Morgan fingerprint density at radius 1 is 0.968 bits per heavy atom. The predicted molar refractivity (Wildman–Crippen MR) is 125 cm³/mol. The maximum absolute atomic E-state index is 13.0.